The first kappa shape index (κ1) is 19.7. The predicted molar refractivity (Wildman–Crippen MR) is 99.1 cm³/mol. The van der Waals surface area contributed by atoms with Crippen LogP contribution in [0, 0.1) is 25.2 Å². The molecule has 0 fully saturated rings. The molecule has 2 aromatic carbocycles. The van der Waals surface area contributed by atoms with E-state index in [-0.39, 0.29) is 17.9 Å². The SMILES string of the molecule is COC(=O)/C(C#N)=C/c1cccc(OC(=O)COc2cc(C)cc(C)c2)c1. The molecule has 2 rings (SSSR count). The van der Waals surface area contributed by atoms with Crippen LogP contribution in [0.2, 0.25) is 0 Å². The van der Waals surface area contributed by atoms with Gasteiger partial charge in [-0.25, -0.2) is 9.59 Å². The number of carbonyl (C=O) groups is 2. The fraction of sp³-hybridized carbons (Fsp3) is 0.190. The monoisotopic (exact) mass is 365 g/mol. The van der Waals surface area contributed by atoms with Crippen LogP contribution in [0.25, 0.3) is 6.08 Å². The molecular formula is C21H19NO5. The van der Waals surface area contributed by atoms with E-state index < -0.39 is 11.9 Å². The Morgan fingerprint density at radius 2 is 1.78 bits per heavy atom. The molecule has 0 unspecified atom stereocenters. The molecule has 0 N–H and O–H groups in total. The smallest absolute Gasteiger partial charge is 0.349 e. The Hall–Kier alpha value is -3.59. The van der Waals surface area contributed by atoms with Crippen LogP contribution in [0.15, 0.2) is 48.0 Å². The van der Waals surface area contributed by atoms with E-state index in [2.05, 4.69) is 4.74 Å². The van der Waals surface area contributed by atoms with Crippen LogP contribution in [-0.4, -0.2) is 25.7 Å². The number of ether oxygens (including phenoxy) is 3. The molecule has 0 spiro atoms. The van der Waals surface area contributed by atoms with Crippen molar-refractivity contribution in [2.75, 3.05) is 13.7 Å². The first-order chi connectivity index (χ1) is 12.9. The number of nitriles is 1. The molecule has 0 saturated carbocycles. The maximum absolute atomic E-state index is 12.0. The Morgan fingerprint density at radius 1 is 1.07 bits per heavy atom. The third-order valence-corrected chi connectivity index (χ3v) is 3.48. The highest BCUT2D eigenvalue weighted by Gasteiger charge is 2.10. The number of methoxy groups -OCH3 is 1. The molecule has 0 saturated heterocycles. The molecule has 0 amide bonds. The summed E-state index contributed by atoms with van der Waals surface area (Å²) >= 11 is 0. The van der Waals surface area contributed by atoms with E-state index >= 15 is 0 Å². The maximum Gasteiger partial charge on any atom is 0.349 e. The van der Waals surface area contributed by atoms with Crippen molar-refractivity contribution in [1.82, 2.24) is 0 Å². The summed E-state index contributed by atoms with van der Waals surface area (Å²) < 4.78 is 15.2. The van der Waals surface area contributed by atoms with Gasteiger partial charge in [0.2, 0.25) is 0 Å². The van der Waals surface area contributed by atoms with Crippen molar-refractivity contribution in [1.29, 1.82) is 5.26 Å². The Kier molecular flexibility index (Phi) is 6.73. The van der Waals surface area contributed by atoms with E-state index in [0.29, 0.717) is 11.3 Å². The lowest BCUT2D eigenvalue weighted by atomic mass is 10.1. The summed E-state index contributed by atoms with van der Waals surface area (Å²) in [5.41, 5.74) is 2.45. The highest BCUT2D eigenvalue weighted by Crippen LogP contribution is 2.18. The van der Waals surface area contributed by atoms with Crippen LogP contribution in [0.5, 0.6) is 11.5 Å². The molecule has 0 radical (unpaired) electrons. The topological polar surface area (TPSA) is 85.6 Å². The molecule has 0 aliphatic carbocycles. The molecule has 6 heteroatoms. The molecule has 6 nitrogen and oxygen atoms in total. The van der Waals surface area contributed by atoms with Gasteiger partial charge in [-0.15, -0.1) is 0 Å². The van der Waals surface area contributed by atoms with Crippen LogP contribution in [0.4, 0.5) is 0 Å². The Labute approximate surface area is 157 Å². The molecule has 0 aliphatic heterocycles. The van der Waals surface area contributed by atoms with E-state index in [1.165, 1.54) is 19.3 Å². The van der Waals surface area contributed by atoms with Crippen molar-refractivity contribution in [2.45, 2.75) is 13.8 Å². The van der Waals surface area contributed by atoms with Crippen LogP contribution in [0.3, 0.4) is 0 Å². The van der Waals surface area contributed by atoms with Crippen molar-refractivity contribution in [3.8, 4) is 17.6 Å². The van der Waals surface area contributed by atoms with Gasteiger partial charge in [-0.3, -0.25) is 0 Å². The van der Waals surface area contributed by atoms with Gasteiger partial charge in [-0.2, -0.15) is 5.26 Å². The Morgan fingerprint density at radius 3 is 2.41 bits per heavy atom. The maximum atomic E-state index is 12.0. The minimum absolute atomic E-state index is 0.154. The number of carbonyl (C=O) groups excluding carboxylic acids is 2. The molecule has 0 atom stereocenters. The molecular weight excluding hydrogens is 346 g/mol. The van der Waals surface area contributed by atoms with Gasteiger partial charge in [0.25, 0.3) is 0 Å². The van der Waals surface area contributed by atoms with E-state index in [0.717, 1.165) is 11.1 Å². The fourth-order valence-corrected chi connectivity index (χ4v) is 2.40. The van der Waals surface area contributed by atoms with Gasteiger partial charge in [0.15, 0.2) is 6.61 Å². The van der Waals surface area contributed by atoms with E-state index in [4.69, 9.17) is 14.7 Å². The zero-order chi connectivity index (χ0) is 19.8. The Balaban J connectivity index is 2.03. The number of hydrogen-bond acceptors (Lipinski definition) is 6. The summed E-state index contributed by atoms with van der Waals surface area (Å²) in [6.45, 7) is 3.65. The Bertz CT molecular complexity index is 904. The van der Waals surface area contributed by atoms with Crippen molar-refractivity contribution in [3.05, 3.63) is 64.7 Å². The first-order valence-electron chi connectivity index (χ1n) is 8.13. The predicted octanol–water partition coefficient (Wildman–Crippen LogP) is 3.37. The zero-order valence-electron chi connectivity index (χ0n) is 15.3. The van der Waals surface area contributed by atoms with E-state index in [9.17, 15) is 9.59 Å². The summed E-state index contributed by atoms with van der Waals surface area (Å²) in [6, 6.07) is 13.9. The first-order valence-corrected chi connectivity index (χ1v) is 8.13. The summed E-state index contributed by atoms with van der Waals surface area (Å²) in [4.78, 5) is 23.5. The summed E-state index contributed by atoms with van der Waals surface area (Å²) in [6.07, 6.45) is 1.36. The number of hydrogen-bond donors (Lipinski definition) is 0. The number of rotatable bonds is 6. The zero-order valence-corrected chi connectivity index (χ0v) is 15.3. The summed E-state index contributed by atoms with van der Waals surface area (Å²) in [5, 5.41) is 9.00. The lowest BCUT2D eigenvalue weighted by molar-refractivity contribution is -0.137. The number of esters is 2. The van der Waals surface area contributed by atoms with Gasteiger partial charge in [-0.1, -0.05) is 18.2 Å². The minimum atomic E-state index is -0.734. The molecule has 0 aliphatic rings. The summed E-state index contributed by atoms with van der Waals surface area (Å²) in [7, 11) is 1.20. The van der Waals surface area contributed by atoms with Gasteiger partial charge in [0.1, 0.15) is 23.1 Å². The average Bonchev–Trinajstić information content (AvgIpc) is 2.63. The normalized spacial score (nSPS) is 10.7. The van der Waals surface area contributed by atoms with Gasteiger partial charge >= 0.3 is 11.9 Å². The number of nitrogens with zero attached hydrogens (tertiary/aromatic N) is 1. The van der Waals surface area contributed by atoms with Gasteiger partial charge in [0.05, 0.1) is 7.11 Å². The fourth-order valence-electron chi connectivity index (χ4n) is 2.40. The highest BCUT2D eigenvalue weighted by molar-refractivity contribution is 5.97. The molecule has 0 heterocycles. The number of benzene rings is 2. The van der Waals surface area contributed by atoms with E-state index in [1.54, 1.807) is 24.3 Å². The molecule has 27 heavy (non-hydrogen) atoms. The van der Waals surface area contributed by atoms with Crippen molar-refractivity contribution in [2.24, 2.45) is 0 Å². The third kappa shape index (κ3) is 6.01. The molecule has 0 aromatic heterocycles. The van der Waals surface area contributed by atoms with Crippen molar-refractivity contribution >= 4 is 18.0 Å². The highest BCUT2D eigenvalue weighted by atomic mass is 16.6. The van der Waals surface area contributed by atoms with Gasteiger partial charge in [0, 0.05) is 0 Å². The molecule has 138 valence electrons. The van der Waals surface area contributed by atoms with Crippen molar-refractivity contribution < 1.29 is 23.8 Å². The van der Waals surface area contributed by atoms with Crippen LogP contribution < -0.4 is 9.47 Å². The second kappa shape index (κ2) is 9.20. The van der Waals surface area contributed by atoms with Crippen LogP contribution in [0.1, 0.15) is 16.7 Å². The minimum Gasteiger partial charge on any atom is -0.482 e. The lowest BCUT2D eigenvalue weighted by Gasteiger charge is -2.09. The van der Waals surface area contributed by atoms with Crippen LogP contribution >= 0.6 is 0 Å². The summed E-state index contributed by atoms with van der Waals surface area (Å²) in [5.74, 6) is -0.427. The number of aryl methyl sites for hydroxylation is 2. The second-order valence-electron chi connectivity index (χ2n) is 5.82. The molecule has 2 aromatic rings. The lowest BCUT2D eigenvalue weighted by Crippen LogP contribution is -2.17. The van der Waals surface area contributed by atoms with Crippen LogP contribution in [-0.2, 0) is 14.3 Å². The average molecular weight is 365 g/mol. The quantitative estimate of drug-likeness (QED) is 0.338. The second-order valence-corrected chi connectivity index (χ2v) is 5.82. The van der Waals surface area contributed by atoms with Crippen molar-refractivity contribution in [3.63, 3.8) is 0 Å². The standard InChI is InChI=1S/C21H19NO5/c1-14-7-15(2)9-19(8-14)26-13-20(23)27-18-6-4-5-16(11-18)10-17(12-22)21(24)25-3/h4-11H,13H2,1-3H3/b17-10+. The third-order valence-electron chi connectivity index (χ3n) is 3.48. The molecule has 0 bridgehead atoms. The van der Waals surface area contributed by atoms with Gasteiger partial charge in [-0.05, 0) is 60.9 Å². The van der Waals surface area contributed by atoms with Gasteiger partial charge < -0.3 is 14.2 Å². The van der Waals surface area contributed by atoms with E-state index in [1.807, 2.05) is 32.0 Å². The largest absolute Gasteiger partial charge is 0.482 e.